The van der Waals surface area contributed by atoms with Gasteiger partial charge in [-0.2, -0.15) is 0 Å². The van der Waals surface area contributed by atoms with Gasteiger partial charge in [0, 0.05) is 29.1 Å². The normalized spacial score (nSPS) is 37.5. The van der Waals surface area contributed by atoms with Crippen molar-refractivity contribution in [1.82, 2.24) is 0 Å². The largest absolute Gasteiger partial charge is 0.303 e. The molecule has 0 aromatic heterocycles. The average Bonchev–Trinajstić information content (AvgIpc) is 2.36. The number of carbonyl (C=O) groups is 3. The molecule has 0 bridgehead atoms. The number of hydrogen-bond donors (Lipinski definition) is 0. The summed E-state index contributed by atoms with van der Waals surface area (Å²) in [5.74, 6) is 0.365. The Bertz CT molecular complexity index is 414. The first-order valence-electron chi connectivity index (χ1n) is 7.68. The molecular formula is C17H28O3. The van der Waals surface area contributed by atoms with E-state index >= 15 is 0 Å². The second-order valence-electron chi connectivity index (χ2n) is 7.37. The summed E-state index contributed by atoms with van der Waals surface area (Å²) < 4.78 is 0. The third-order valence-electron chi connectivity index (χ3n) is 4.80. The third kappa shape index (κ3) is 3.18. The molecule has 0 aromatic carbocycles. The Morgan fingerprint density at radius 3 is 1.85 bits per heavy atom. The molecule has 1 saturated carbocycles. The first-order chi connectivity index (χ1) is 9.14. The quantitative estimate of drug-likeness (QED) is 0.696. The predicted molar refractivity (Wildman–Crippen MR) is 79.4 cm³/mol. The first-order valence-corrected chi connectivity index (χ1v) is 7.68. The fourth-order valence-corrected chi connectivity index (χ4v) is 4.26. The van der Waals surface area contributed by atoms with Crippen LogP contribution < -0.4 is 0 Å². The number of aldehydes is 1. The molecule has 0 heterocycles. The van der Waals surface area contributed by atoms with Crippen LogP contribution in [0.25, 0.3) is 0 Å². The fraction of sp³-hybridized carbons (Fsp3) is 0.824. The molecular weight excluding hydrogens is 252 g/mol. The highest BCUT2D eigenvalue weighted by molar-refractivity contribution is 5.89. The lowest BCUT2D eigenvalue weighted by molar-refractivity contribution is -0.147. The van der Waals surface area contributed by atoms with Crippen molar-refractivity contribution < 1.29 is 14.4 Å². The minimum atomic E-state index is -0.573. The maximum atomic E-state index is 12.5. The summed E-state index contributed by atoms with van der Waals surface area (Å²) in [6.45, 7) is 9.59. The third-order valence-corrected chi connectivity index (χ3v) is 4.80. The summed E-state index contributed by atoms with van der Waals surface area (Å²) in [6.07, 6.45) is 4.45. The Labute approximate surface area is 122 Å². The highest BCUT2D eigenvalue weighted by atomic mass is 16.1. The van der Waals surface area contributed by atoms with Gasteiger partial charge in [-0.1, -0.05) is 34.6 Å². The number of ketones is 2. The highest BCUT2D eigenvalue weighted by Gasteiger charge is 2.53. The molecule has 3 nitrogen and oxygen atoms in total. The lowest BCUT2D eigenvalue weighted by Crippen LogP contribution is -2.49. The van der Waals surface area contributed by atoms with E-state index in [2.05, 4.69) is 0 Å². The van der Waals surface area contributed by atoms with E-state index in [4.69, 9.17) is 0 Å². The van der Waals surface area contributed by atoms with Gasteiger partial charge in [-0.05, 0) is 25.7 Å². The molecule has 3 heteroatoms. The Morgan fingerprint density at radius 1 is 0.950 bits per heavy atom. The molecule has 20 heavy (non-hydrogen) atoms. The maximum Gasteiger partial charge on any atom is 0.138 e. The fourth-order valence-electron chi connectivity index (χ4n) is 4.26. The van der Waals surface area contributed by atoms with Gasteiger partial charge in [0.25, 0.3) is 0 Å². The molecule has 1 fully saturated rings. The van der Waals surface area contributed by atoms with Crippen LogP contribution in [0.1, 0.15) is 73.1 Å². The van der Waals surface area contributed by atoms with Gasteiger partial charge in [-0.3, -0.25) is 9.59 Å². The lowest BCUT2D eigenvalue weighted by Gasteiger charge is -2.49. The molecule has 1 aliphatic carbocycles. The molecule has 0 saturated heterocycles. The number of hydrogen-bond acceptors (Lipinski definition) is 3. The molecule has 0 aliphatic heterocycles. The second-order valence-corrected chi connectivity index (χ2v) is 7.37. The minimum absolute atomic E-state index is 0.167. The van der Waals surface area contributed by atoms with E-state index in [1.54, 1.807) is 0 Å². The van der Waals surface area contributed by atoms with Crippen molar-refractivity contribution in [2.75, 3.05) is 0 Å². The maximum absolute atomic E-state index is 12.5. The van der Waals surface area contributed by atoms with Crippen molar-refractivity contribution in [2.24, 2.45) is 16.2 Å². The van der Waals surface area contributed by atoms with Crippen molar-refractivity contribution in [3.8, 4) is 0 Å². The number of rotatable bonds is 6. The molecule has 0 amide bonds. The van der Waals surface area contributed by atoms with E-state index in [9.17, 15) is 14.4 Å². The van der Waals surface area contributed by atoms with Crippen LogP contribution in [0.2, 0.25) is 0 Å². The minimum Gasteiger partial charge on any atom is -0.303 e. The van der Waals surface area contributed by atoms with E-state index in [0.717, 1.165) is 12.7 Å². The first kappa shape index (κ1) is 17.1. The van der Waals surface area contributed by atoms with Gasteiger partial charge in [0.2, 0.25) is 0 Å². The molecule has 0 unspecified atom stereocenters. The summed E-state index contributed by atoms with van der Waals surface area (Å²) in [5, 5.41) is 0. The summed E-state index contributed by atoms with van der Waals surface area (Å²) in [5.41, 5.74) is -1.68. The molecule has 0 aromatic rings. The van der Waals surface area contributed by atoms with Gasteiger partial charge < -0.3 is 4.79 Å². The SMILES string of the molecule is CCCC(=O)[C@@]1(C)C[C@@](C)(C=O)C[C@@](C)(C(=O)CC)C1. The standard InChI is InChI=1S/C17H28O3/c1-6-8-14(20)17(5)10-15(3,12-18)9-16(4,11-17)13(19)7-2/h12H,6-11H2,1-5H3/t15-,16+,17-/m0/s1. The zero-order chi connectivity index (χ0) is 15.6. The summed E-state index contributed by atoms with van der Waals surface area (Å²) in [6, 6.07) is 0. The molecule has 1 aliphatic rings. The Balaban J connectivity index is 3.19. The molecule has 0 spiro atoms. The monoisotopic (exact) mass is 280 g/mol. The molecule has 3 atom stereocenters. The van der Waals surface area contributed by atoms with E-state index in [0.29, 0.717) is 32.1 Å². The van der Waals surface area contributed by atoms with Gasteiger partial charge in [-0.25, -0.2) is 0 Å². The van der Waals surface area contributed by atoms with Gasteiger partial charge >= 0.3 is 0 Å². The number of carbonyl (C=O) groups excluding carboxylic acids is 3. The van der Waals surface area contributed by atoms with Crippen molar-refractivity contribution in [3.05, 3.63) is 0 Å². The Kier molecular flexibility index (Phi) is 4.94. The summed E-state index contributed by atoms with van der Waals surface area (Å²) in [4.78, 5) is 36.4. The van der Waals surface area contributed by atoms with Crippen molar-refractivity contribution in [3.63, 3.8) is 0 Å². The topological polar surface area (TPSA) is 51.2 Å². The van der Waals surface area contributed by atoms with Gasteiger partial charge in [-0.15, -0.1) is 0 Å². The van der Waals surface area contributed by atoms with Crippen LogP contribution in [0.3, 0.4) is 0 Å². The zero-order valence-electron chi connectivity index (χ0n) is 13.5. The predicted octanol–water partition coefficient (Wildman–Crippen LogP) is 3.74. The van der Waals surface area contributed by atoms with Crippen LogP contribution in [0, 0.1) is 16.2 Å². The van der Waals surface area contributed by atoms with E-state index < -0.39 is 16.2 Å². The lowest BCUT2D eigenvalue weighted by atomic mass is 9.52. The van der Waals surface area contributed by atoms with Crippen molar-refractivity contribution in [1.29, 1.82) is 0 Å². The van der Waals surface area contributed by atoms with Crippen LogP contribution >= 0.6 is 0 Å². The smallest absolute Gasteiger partial charge is 0.138 e. The highest BCUT2D eigenvalue weighted by Crippen LogP contribution is 2.55. The van der Waals surface area contributed by atoms with Crippen LogP contribution in [-0.2, 0) is 14.4 Å². The average molecular weight is 280 g/mol. The van der Waals surface area contributed by atoms with Crippen LogP contribution in [-0.4, -0.2) is 17.9 Å². The molecule has 1 rings (SSSR count). The molecule has 114 valence electrons. The van der Waals surface area contributed by atoms with E-state index in [1.165, 1.54) is 0 Å². The summed E-state index contributed by atoms with van der Waals surface area (Å²) in [7, 11) is 0. The number of Topliss-reactive ketones (excluding diaryl/α,β-unsaturated/α-hetero) is 2. The van der Waals surface area contributed by atoms with Gasteiger partial charge in [0.1, 0.15) is 17.9 Å². The van der Waals surface area contributed by atoms with Gasteiger partial charge in [0.05, 0.1) is 0 Å². The van der Waals surface area contributed by atoms with E-state index in [-0.39, 0.29) is 11.6 Å². The Hall–Kier alpha value is -0.990. The Morgan fingerprint density at radius 2 is 1.45 bits per heavy atom. The van der Waals surface area contributed by atoms with Crippen LogP contribution in [0.4, 0.5) is 0 Å². The molecule has 0 N–H and O–H groups in total. The second kappa shape index (κ2) is 5.79. The van der Waals surface area contributed by atoms with Crippen LogP contribution in [0.5, 0.6) is 0 Å². The van der Waals surface area contributed by atoms with Crippen molar-refractivity contribution >= 4 is 17.9 Å². The zero-order valence-corrected chi connectivity index (χ0v) is 13.5. The van der Waals surface area contributed by atoms with Crippen molar-refractivity contribution in [2.45, 2.75) is 73.1 Å². The van der Waals surface area contributed by atoms with Crippen LogP contribution in [0.15, 0.2) is 0 Å². The molecule has 0 radical (unpaired) electrons. The summed E-state index contributed by atoms with van der Waals surface area (Å²) >= 11 is 0. The van der Waals surface area contributed by atoms with Gasteiger partial charge in [0.15, 0.2) is 0 Å². The van der Waals surface area contributed by atoms with E-state index in [1.807, 2.05) is 34.6 Å².